The molecule has 0 atom stereocenters. The van der Waals surface area contributed by atoms with Gasteiger partial charge in [-0.05, 0) is 25.6 Å². The van der Waals surface area contributed by atoms with Crippen LogP contribution in [-0.2, 0) is 10.0 Å². The van der Waals surface area contributed by atoms with Crippen molar-refractivity contribution in [3.8, 4) is 11.5 Å². The summed E-state index contributed by atoms with van der Waals surface area (Å²) in [7, 11) is -2.10. The van der Waals surface area contributed by atoms with Crippen molar-refractivity contribution >= 4 is 10.0 Å². The second-order valence-electron chi connectivity index (χ2n) is 4.38. The third-order valence-electron chi connectivity index (χ3n) is 2.51. The molecule has 1 aliphatic heterocycles. The summed E-state index contributed by atoms with van der Waals surface area (Å²) in [4.78, 5) is 0.208. The standard InChI is InChI=1S/C11H15NO4S/c1-7-5-8-9(16-11(2,3)15-8)6-10(7)17(13,14)12-4/h5-6,12H,1-4H3. The van der Waals surface area contributed by atoms with Gasteiger partial charge in [0.25, 0.3) is 0 Å². The molecule has 0 fully saturated rings. The lowest BCUT2D eigenvalue weighted by Gasteiger charge is -2.16. The predicted octanol–water partition coefficient (Wildman–Crippen LogP) is 1.41. The molecule has 17 heavy (non-hydrogen) atoms. The summed E-state index contributed by atoms with van der Waals surface area (Å²) in [6.07, 6.45) is 0. The fraction of sp³-hybridized carbons (Fsp3) is 0.455. The maximum Gasteiger partial charge on any atom is 0.246 e. The van der Waals surface area contributed by atoms with Gasteiger partial charge in [-0.3, -0.25) is 0 Å². The van der Waals surface area contributed by atoms with Crippen LogP contribution in [0, 0.1) is 6.92 Å². The van der Waals surface area contributed by atoms with Crippen LogP contribution in [0.15, 0.2) is 17.0 Å². The highest BCUT2D eigenvalue weighted by molar-refractivity contribution is 7.89. The Hall–Kier alpha value is -1.27. The van der Waals surface area contributed by atoms with E-state index in [0.717, 1.165) is 0 Å². The SMILES string of the molecule is CNS(=O)(=O)c1cc2c(cc1C)OC(C)(C)O2. The first kappa shape index (κ1) is 12.2. The lowest BCUT2D eigenvalue weighted by molar-refractivity contribution is -0.0432. The zero-order valence-corrected chi connectivity index (χ0v) is 11.0. The number of sulfonamides is 1. The highest BCUT2D eigenvalue weighted by Crippen LogP contribution is 2.41. The normalized spacial score (nSPS) is 17.2. The number of rotatable bonds is 2. The molecule has 0 aromatic heterocycles. The van der Waals surface area contributed by atoms with Crippen LogP contribution in [0.3, 0.4) is 0 Å². The van der Waals surface area contributed by atoms with Gasteiger partial charge in [0.1, 0.15) is 0 Å². The van der Waals surface area contributed by atoms with Crippen LogP contribution in [0.2, 0.25) is 0 Å². The summed E-state index contributed by atoms with van der Waals surface area (Å²) in [6.45, 7) is 5.27. The first-order valence-electron chi connectivity index (χ1n) is 5.21. The van der Waals surface area contributed by atoms with Gasteiger partial charge >= 0.3 is 0 Å². The molecule has 1 heterocycles. The molecule has 0 unspecified atom stereocenters. The van der Waals surface area contributed by atoms with Gasteiger partial charge in [-0.1, -0.05) is 0 Å². The Balaban J connectivity index is 2.55. The van der Waals surface area contributed by atoms with Crippen molar-refractivity contribution in [2.24, 2.45) is 0 Å². The molecule has 0 spiro atoms. The molecule has 0 bridgehead atoms. The van der Waals surface area contributed by atoms with Gasteiger partial charge in [-0.25, -0.2) is 13.1 Å². The van der Waals surface area contributed by atoms with Crippen LogP contribution in [0.1, 0.15) is 19.4 Å². The third-order valence-corrected chi connectivity index (χ3v) is 4.07. The van der Waals surface area contributed by atoms with Gasteiger partial charge in [0.05, 0.1) is 4.90 Å². The van der Waals surface area contributed by atoms with E-state index < -0.39 is 15.8 Å². The number of benzene rings is 1. The van der Waals surface area contributed by atoms with Crippen molar-refractivity contribution in [2.75, 3.05) is 7.05 Å². The summed E-state index contributed by atoms with van der Waals surface area (Å²) in [5, 5.41) is 0. The Morgan fingerprint density at radius 3 is 2.24 bits per heavy atom. The summed E-state index contributed by atoms with van der Waals surface area (Å²) >= 11 is 0. The quantitative estimate of drug-likeness (QED) is 0.870. The molecule has 0 saturated carbocycles. The monoisotopic (exact) mass is 257 g/mol. The molecule has 0 amide bonds. The number of hydrogen-bond donors (Lipinski definition) is 1. The summed E-state index contributed by atoms with van der Waals surface area (Å²) in [6, 6.07) is 3.17. The average Bonchev–Trinajstić information content (AvgIpc) is 2.49. The van der Waals surface area contributed by atoms with E-state index in [9.17, 15) is 8.42 Å². The maximum absolute atomic E-state index is 11.8. The number of ether oxygens (including phenoxy) is 2. The van der Waals surface area contributed by atoms with Crippen molar-refractivity contribution in [2.45, 2.75) is 31.5 Å². The first-order valence-corrected chi connectivity index (χ1v) is 6.70. The van der Waals surface area contributed by atoms with Gasteiger partial charge in [-0.15, -0.1) is 0 Å². The zero-order chi connectivity index (χ0) is 12.8. The third kappa shape index (κ3) is 2.10. The van der Waals surface area contributed by atoms with Crippen molar-refractivity contribution < 1.29 is 17.9 Å². The molecule has 5 nitrogen and oxygen atoms in total. The second-order valence-corrected chi connectivity index (χ2v) is 6.23. The number of hydrogen-bond acceptors (Lipinski definition) is 4. The van der Waals surface area contributed by atoms with Crippen LogP contribution in [-0.4, -0.2) is 21.3 Å². The van der Waals surface area contributed by atoms with E-state index in [4.69, 9.17) is 9.47 Å². The molecule has 1 aliphatic rings. The van der Waals surface area contributed by atoms with Crippen molar-refractivity contribution in [1.82, 2.24) is 4.72 Å². The predicted molar refractivity (Wildman–Crippen MR) is 62.8 cm³/mol. The highest BCUT2D eigenvalue weighted by atomic mass is 32.2. The van der Waals surface area contributed by atoms with E-state index in [1.807, 2.05) is 0 Å². The van der Waals surface area contributed by atoms with Crippen molar-refractivity contribution in [3.05, 3.63) is 17.7 Å². The van der Waals surface area contributed by atoms with Crippen molar-refractivity contribution in [1.29, 1.82) is 0 Å². The number of aryl methyl sites for hydroxylation is 1. The van der Waals surface area contributed by atoms with Crippen LogP contribution < -0.4 is 14.2 Å². The Labute approximate surface area is 101 Å². The van der Waals surface area contributed by atoms with E-state index in [1.54, 1.807) is 26.8 Å². The van der Waals surface area contributed by atoms with Gasteiger partial charge in [0, 0.05) is 19.9 Å². The fourth-order valence-corrected chi connectivity index (χ4v) is 2.72. The smallest absolute Gasteiger partial charge is 0.246 e. The molecule has 94 valence electrons. The lowest BCUT2D eigenvalue weighted by Crippen LogP contribution is -2.29. The highest BCUT2D eigenvalue weighted by Gasteiger charge is 2.33. The fourth-order valence-electron chi connectivity index (χ4n) is 1.75. The minimum atomic E-state index is -3.47. The molecular formula is C11H15NO4S. The van der Waals surface area contributed by atoms with E-state index in [1.165, 1.54) is 13.1 Å². The van der Waals surface area contributed by atoms with E-state index in [2.05, 4.69) is 4.72 Å². The summed E-state index contributed by atoms with van der Waals surface area (Å²) in [5.74, 6) is 0.272. The zero-order valence-electron chi connectivity index (χ0n) is 10.2. The van der Waals surface area contributed by atoms with Gasteiger partial charge in [-0.2, -0.15) is 0 Å². The van der Waals surface area contributed by atoms with Crippen molar-refractivity contribution in [3.63, 3.8) is 0 Å². The summed E-state index contributed by atoms with van der Waals surface area (Å²) in [5.41, 5.74) is 0.624. The van der Waals surface area contributed by atoms with Gasteiger partial charge in [0.2, 0.25) is 15.8 Å². The van der Waals surface area contributed by atoms with Crippen LogP contribution in [0.25, 0.3) is 0 Å². The van der Waals surface area contributed by atoms with E-state index in [-0.39, 0.29) is 4.90 Å². The molecular weight excluding hydrogens is 242 g/mol. The van der Waals surface area contributed by atoms with Gasteiger partial charge < -0.3 is 9.47 Å². The van der Waals surface area contributed by atoms with Gasteiger partial charge in [0.15, 0.2) is 11.5 Å². The minimum Gasteiger partial charge on any atom is -0.449 e. The van der Waals surface area contributed by atoms with E-state index in [0.29, 0.717) is 17.1 Å². The Morgan fingerprint density at radius 2 is 1.71 bits per heavy atom. The minimum absolute atomic E-state index is 0.208. The van der Waals surface area contributed by atoms with Crippen LogP contribution in [0.4, 0.5) is 0 Å². The van der Waals surface area contributed by atoms with Crippen LogP contribution in [0.5, 0.6) is 11.5 Å². The molecule has 1 aromatic rings. The molecule has 0 radical (unpaired) electrons. The summed E-state index contributed by atoms with van der Waals surface area (Å²) < 4.78 is 36.9. The second kappa shape index (κ2) is 3.61. The Morgan fingerprint density at radius 1 is 1.18 bits per heavy atom. The van der Waals surface area contributed by atoms with E-state index >= 15 is 0 Å². The molecule has 6 heteroatoms. The molecule has 0 saturated heterocycles. The Kier molecular flexibility index (Phi) is 2.59. The Bertz CT molecular complexity index is 563. The maximum atomic E-state index is 11.8. The largest absolute Gasteiger partial charge is 0.449 e. The molecule has 0 aliphatic carbocycles. The van der Waals surface area contributed by atoms with Crippen LogP contribution >= 0.6 is 0 Å². The molecule has 1 aromatic carbocycles. The number of fused-ring (bicyclic) bond motifs is 1. The number of nitrogens with one attached hydrogen (secondary N) is 1. The topological polar surface area (TPSA) is 64.6 Å². The first-order chi connectivity index (χ1) is 7.75. The average molecular weight is 257 g/mol. The lowest BCUT2D eigenvalue weighted by atomic mass is 10.2. The molecule has 1 N–H and O–H groups in total. The molecule has 2 rings (SSSR count).